The van der Waals surface area contributed by atoms with E-state index in [2.05, 4.69) is 0 Å². The van der Waals surface area contributed by atoms with Crippen LogP contribution in [-0.4, -0.2) is 5.91 Å². The van der Waals surface area contributed by atoms with E-state index in [4.69, 9.17) is 10.5 Å². The maximum Gasteiger partial charge on any atom is 0.248 e. The molecule has 3 rings (SSSR count). The van der Waals surface area contributed by atoms with Crippen molar-refractivity contribution in [2.75, 3.05) is 0 Å². The van der Waals surface area contributed by atoms with Gasteiger partial charge in [-0.3, -0.25) is 4.79 Å². The third-order valence-electron chi connectivity index (χ3n) is 3.08. The monoisotopic (exact) mass is 263 g/mol. The first-order valence-electron chi connectivity index (χ1n) is 6.29. The molecule has 2 N–H and O–H groups in total. The summed E-state index contributed by atoms with van der Waals surface area (Å²) in [5.74, 6) is 0.857. The number of carbonyl (C=O) groups is 1. The van der Waals surface area contributed by atoms with Crippen molar-refractivity contribution in [1.82, 2.24) is 0 Å². The second kappa shape index (κ2) is 5.05. The molecule has 0 saturated carbocycles. The largest absolute Gasteiger partial charge is 0.457 e. The summed E-state index contributed by atoms with van der Waals surface area (Å²) in [4.78, 5) is 11.1. The van der Waals surface area contributed by atoms with Gasteiger partial charge in [-0.2, -0.15) is 0 Å². The van der Waals surface area contributed by atoms with Crippen LogP contribution in [0.3, 0.4) is 0 Å². The van der Waals surface area contributed by atoms with Crippen LogP contribution in [0.1, 0.15) is 10.4 Å². The van der Waals surface area contributed by atoms with Crippen molar-refractivity contribution in [3.8, 4) is 11.5 Å². The SMILES string of the molecule is NC(=O)c1cccc(Oc2ccc3ccccc3c2)c1. The van der Waals surface area contributed by atoms with Crippen LogP contribution >= 0.6 is 0 Å². The quantitative estimate of drug-likeness (QED) is 0.782. The van der Waals surface area contributed by atoms with Crippen LogP contribution in [0.2, 0.25) is 0 Å². The van der Waals surface area contributed by atoms with Gasteiger partial charge in [0.25, 0.3) is 0 Å². The van der Waals surface area contributed by atoms with E-state index in [-0.39, 0.29) is 0 Å². The average Bonchev–Trinajstić information content (AvgIpc) is 2.47. The molecule has 0 saturated heterocycles. The molecule has 0 spiro atoms. The minimum atomic E-state index is -0.464. The summed E-state index contributed by atoms with van der Waals surface area (Å²) in [6.45, 7) is 0. The first kappa shape index (κ1) is 12.2. The van der Waals surface area contributed by atoms with Crippen LogP contribution in [0, 0.1) is 0 Å². The maximum atomic E-state index is 11.1. The zero-order valence-electron chi connectivity index (χ0n) is 10.7. The van der Waals surface area contributed by atoms with Gasteiger partial charge in [0.05, 0.1) is 0 Å². The fourth-order valence-corrected chi connectivity index (χ4v) is 2.08. The fourth-order valence-electron chi connectivity index (χ4n) is 2.08. The first-order valence-corrected chi connectivity index (χ1v) is 6.29. The van der Waals surface area contributed by atoms with Crippen molar-refractivity contribution in [3.05, 3.63) is 72.3 Å². The number of ether oxygens (including phenoxy) is 1. The molecule has 0 aliphatic rings. The highest BCUT2D eigenvalue weighted by atomic mass is 16.5. The molecular weight excluding hydrogens is 250 g/mol. The summed E-state index contributed by atoms with van der Waals surface area (Å²) in [6.07, 6.45) is 0. The molecule has 0 fully saturated rings. The third kappa shape index (κ3) is 2.47. The predicted molar refractivity (Wildman–Crippen MR) is 79.0 cm³/mol. The first-order chi connectivity index (χ1) is 9.72. The molecule has 0 radical (unpaired) electrons. The van der Waals surface area contributed by atoms with E-state index in [0.29, 0.717) is 11.3 Å². The summed E-state index contributed by atoms with van der Waals surface area (Å²) in [5.41, 5.74) is 5.69. The molecule has 0 aliphatic carbocycles. The third-order valence-corrected chi connectivity index (χ3v) is 3.08. The number of carbonyl (C=O) groups excluding carboxylic acids is 1. The second-order valence-electron chi connectivity index (χ2n) is 4.50. The highest BCUT2D eigenvalue weighted by Crippen LogP contribution is 2.26. The normalized spacial score (nSPS) is 10.4. The number of hydrogen-bond acceptors (Lipinski definition) is 2. The van der Waals surface area contributed by atoms with Gasteiger partial charge in [0.2, 0.25) is 5.91 Å². The Labute approximate surface area is 116 Å². The summed E-state index contributed by atoms with van der Waals surface area (Å²) in [6, 6.07) is 20.8. The molecule has 3 heteroatoms. The highest BCUT2D eigenvalue weighted by molar-refractivity contribution is 5.93. The summed E-state index contributed by atoms with van der Waals surface area (Å²) >= 11 is 0. The molecule has 0 atom stereocenters. The lowest BCUT2D eigenvalue weighted by molar-refractivity contribution is 0.1000. The molecule has 98 valence electrons. The molecule has 0 unspecified atom stereocenters. The molecule has 1 amide bonds. The number of amides is 1. The Morgan fingerprint density at radius 1 is 0.800 bits per heavy atom. The number of hydrogen-bond donors (Lipinski definition) is 1. The Kier molecular flexibility index (Phi) is 3.09. The molecule has 3 aromatic rings. The Bertz CT molecular complexity index is 781. The Hall–Kier alpha value is -2.81. The van der Waals surface area contributed by atoms with E-state index in [1.807, 2.05) is 42.5 Å². The molecule has 3 nitrogen and oxygen atoms in total. The van der Waals surface area contributed by atoms with Gasteiger partial charge < -0.3 is 10.5 Å². The number of primary amides is 1. The van der Waals surface area contributed by atoms with E-state index in [1.165, 1.54) is 0 Å². The number of nitrogens with two attached hydrogens (primary N) is 1. The van der Waals surface area contributed by atoms with Crippen molar-refractivity contribution < 1.29 is 9.53 Å². The van der Waals surface area contributed by atoms with Gasteiger partial charge in [-0.1, -0.05) is 36.4 Å². The minimum Gasteiger partial charge on any atom is -0.457 e. The van der Waals surface area contributed by atoms with E-state index in [0.717, 1.165) is 16.5 Å². The Balaban J connectivity index is 1.92. The highest BCUT2D eigenvalue weighted by Gasteiger charge is 2.03. The lowest BCUT2D eigenvalue weighted by atomic mass is 10.1. The van der Waals surface area contributed by atoms with Crippen LogP contribution in [0.5, 0.6) is 11.5 Å². The molecular formula is C17H13NO2. The smallest absolute Gasteiger partial charge is 0.248 e. The summed E-state index contributed by atoms with van der Waals surface area (Å²) in [5, 5.41) is 2.27. The zero-order chi connectivity index (χ0) is 13.9. The van der Waals surface area contributed by atoms with Gasteiger partial charge in [-0.25, -0.2) is 0 Å². The van der Waals surface area contributed by atoms with Gasteiger partial charge in [0, 0.05) is 5.56 Å². The van der Waals surface area contributed by atoms with Crippen LogP contribution in [0.4, 0.5) is 0 Å². The number of fused-ring (bicyclic) bond motifs is 1. The van der Waals surface area contributed by atoms with Crippen LogP contribution in [0.25, 0.3) is 10.8 Å². The van der Waals surface area contributed by atoms with Crippen LogP contribution < -0.4 is 10.5 Å². The maximum absolute atomic E-state index is 11.1. The topological polar surface area (TPSA) is 52.3 Å². The van der Waals surface area contributed by atoms with Crippen LogP contribution in [-0.2, 0) is 0 Å². The van der Waals surface area contributed by atoms with Crippen molar-refractivity contribution in [1.29, 1.82) is 0 Å². The second-order valence-corrected chi connectivity index (χ2v) is 4.50. The summed E-state index contributed by atoms with van der Waals surface area (Å²) < 4.78 is 5.77. The number of rotatable bonds is 3. The lowest BCUT2D eigenvalue weighted by Crippen LogP contribution is -2.10. The van der Waals surface area contributed by atoms with Crippen molar-refractivity contribution >= 4 is 16.7 Å². The van der Waals surface area contributed by atoms with E-state index in [1.54, 1.807) is 24.3 Å². The standard InChI is InChI=1S/C17H13NO2/c18-17(19)14-6-3-7-15(11-14)20-16-9-8-12-4-1-2-5-13(12)10-16/h1-11H,(H2,18,19). The Morgan fingerprint density at radius 2 is 1.55 bits per heavy atom. The molecule has 0 bridgehead atoms. The lowest BCUT2D eigenvalue weighted by Gasteiger charge is -2.07. The summed E-state index contributed by atoms with van der Waals surface area (Å²) in [7, 11) is 0. The van der Waals surface area contributed by atoms with Crippen molar-refractivity contribution in [2.45, 2.75) is 0 Å². The zero-order valence-corrected chi connectivity index (χ0v) is 10.7. The molecule has 3 aromatic carbocycles. The van der Waals surface area contributed by atoms with Gasteiger partial charge in [0.15, 0.2) is 0 Å². The molecule has 20 heavy (non-hydrogen) atoms. The van der Waals surface area contributed by atoms with E-state index >= 15 is 0 Å². The predicted octanol–water partition coefficient (Wildman–Crippen LogP) is 3.73. The fraction of sp³-hybridized carbons (Fsp3) is 0. The minimum absolute atomic E-state index is 0.434. The van der Waals surface area contributed by atoms with E-state index < -0.39 is 5.91 Å². The van der Waals surface area contributed by atoms with Gasteiger partial charge in [-0.15, -0.1) is 0 Å². The molecule has 0 aromatic heterocycles. The Morgan fingerprint density at radius 3 is 2.35 bits per heavy atom. The van der Waals surface area contributed by atoms with Gasteiger partial charge in [0.1, 0.15) is 11.5 Å². The molecule has 0 heterocycles. The van der Waals surface area contributed by atoms with E-state index in [9.17, 15) is 4.79 Å². The average molecular weight is 263 g/mol. The van der Waals surface area contributed by atoms with Gasteiger partial charge >= 0.3 is 0 Å². The van der Waals surface area contributed by atoms with Crippen LogP contribution in [0.15, 0.2) is 66.7 Å². The van der Waals surface area contributed by atoms with Crippen molar-refractivity contribution in [2.24, 2.45) is 5.73 Å². The molecule has 0 aliphatic heterocycles. The number of benzene rings is 3. The van der Waals surface area contributed by atoms with Crippen molar-refractivity contribution in [3.63, 3.8) is 0 Å². The van der Waals surface area contributed by atoms with Gasteiger partial charge in [-0.05, 0) is 41.1 Å².